The number of aromatic hydroxyl groups is 1. The van der Waals surface area contributed by atoms with E-state index in [0.717, 1.165) is 25.9 Å². The molecule has 0 amide bonds. The van der Waals surface area contributed by atoms with E-state index in [0.29, 0.717) is 5.56 Å². The Morgan fingerprint density at radius 1 is 1.38 bits per heavy atom. The highest BCUT2D eigenvalue weighted by Crippen LogP contribution is 2.27. The molecule has 0 aromatic heterocycles. The highest BCUT2D eigenvalue weighted by molar-refractivity contribution is 6.03. The van der Waals surface area contributed by atoms with Crippen LogP contribution in [0.15, 0.2) is 18.2 Å². The Kier molecular flexibility index (Phi) is 3.10. The van der Waals surface area contributed by atoms with Gasteiger partial charge >= 0.3 is 0 Å². The molecule has 0 bridgehead atoms. The third-order valence-corrected chi connectivity index (χ3v) is 3.06. The summed E-state index contributed by atoms with van der Waals surface area (Å²) in [5, 5.41) is 12.7. The number of carbonyl (C=O) groups excluding carboxylic acids is 1. The molecule has 0 aliphatic carbocycles. The molecule has 0 saturated carbocycles. The molecule has 2 rings (SSSR count). The summed E-state index contributed by atoms with van der Waals surface area (Å²) in [4.78, 5) is 12.2. The van der Waals surface area contributed by atoms with E-state index in [1.165, 1.54) is 6.07 Å². The van der Waals surface area contributed by atoms with Gasteiger partial charge in [0, 0.05) is 11.5 Å². The third-order valence-electron chi connectivity index (χ3n) is 3.06. The number of phenolic OH excluding ortho intramolecular Hbond substituents is 1. The lowest BCUT2D eigenvalue weighted by Gasteiger charge is -2.22. The first-order chi connectivity index (χ1) is 7.70. The Labute approximate surface area is 94.5 Å². The number of ketones is 1. The number of hydrogen-bond donors (Lipinski definition) is 3. The summed E-state index contributed by atoms with van der Waals surface area (Å²) in [7, 11) is 0. The van der Waals surface area contributed by atoms with E-state index in [-0.39, 0.29) is 23.1 Å². The molecule has 1 aromatic carbocycles. The second kappa shape index (κ2) is 4.53. The van der Waals surface area contributed by atoms with Gasteiger partial charge in [0.05, 0.1) is 5.69 Å². The van der Waals surface area contributed by atoms with Gasteiger partial charge in [-0.2, -0.15) is 0 Å². The fourth-order valence-corrected chi connectivity index (χ4v) is 2.07. The molecule has 86 valence electrons. The largest absolute Gasteiger partial charge is 0.506 e. The number of nitrogens with one attached hydrogen (secondary N) is 1. The molecule has 4 N–H and O–H groups in total. The molecule has 0 unspecified atom stereocenters. The number of phenols is 1. The lowest BCUT2D eigenvalue weighted by atomic mass is 9.89. The average molecular weight is 220 g/mol. The van der Waals surface area contributed by atoms with Crippen molar-refractivity contribution in [2.75, 3.05) is 18.8 Å². The van der Waals surface area contributed by atoms with Crippen LogP contribution in [-0.2, 0) is 0 Å². The number of nitrogen functional groups attached to an aromatic ring is 1. The van der Waals surface area contributed by atoms with Gasteiger partial charge in [0.15, 0.2) is 5.78 Å². The maximum absolute atomic E-state index is 12.2. The predicted octanol–water partition coefficient (Wildman–Crippen LogP) is 1.16. The van der Waals surface area contributed by atoms with Gasteiger partial charge in [-0.3, -0.25) is 4.79 Å². The van der Waals surface area contributed by atoms with E-state index in [1.807, 2.05) is 0 Å². The lowest BCUT2D eigenvalue weighted by molar-refractivity contribution is 0.0895. The summed E-state index contributed by atoms with van der Waals surface area (Å²) in [6.45, 7) is 1.74. The van der Waals surface area contributed by atoms with Gasteiger partial charge in [-0.15, -0.1) is 0 Å². The van der Waals surface area contributed by atoms with Crippen molar-refractivity contribution in [1.29, 1.82) is 0 Å². The number of para-hydroxylation sites is 1. The fourth-order valence-electron chi connectivity index (χ4n) is 2.07. The third kappa shape index (κ3) is 2.02. The standard InChI is InChI=1S/C12H16N2O2/c13-11-9(2-1-3-10(11)15)12(16)8-4-6-14-7-5-8/h1-3,8,14-15H,4-7,13H2. The first-order valence-electron chi connectivity index (χ1n) is 5.52. The molecule has 0 radical (unpaired) electrons. The molecule has 0 spiro atoms. The van der Waals surface area contributed by atoms with Crippen LogP contribution >= 0.6 is 0 Å². The highest BCUT2D eigenvalue weighted by Gasteiger charge is 2.24. The van der Waals surface area contributed by atoms with Gasteiger partial charge in [0.25, 0.3) is 0 Å². The van der Waals surface area contributed by atoms with E-state index in [9.17, 15) is 9.90 Å². The lowest BCUT2D eigenvalue weighted by Crippen LogP contribution is -2.32. The van der Waals surface area contributed by atoms with Crippen LogP contribution in [0, 0.1) is 5.92 Å². The monoisotopic (exact) mass is 220 g/mol. The molecule has 4 nitrogen and oxygen atoms in total. The van der Waals surface area contributed by atoms with Crippen LogP contribution in [0.1, 0.15) is 23.2 Å². The van der Waals surface area contributed by atoms with Crippen LogP contribution in [-0.4, -0.2) is 24.0 Å². The Morgan fingerprint density at radius 2 is 2.06 bits per heavy atom. The number of hydrogen-bond acceptors (Lipinski definition) is 4. The van der Waals surface area contributed by atoms with Crippen molar-refractivity contribution in [1.82, 2.24) is 5.32 Å². The minimum absolute atomic E-state index is 0.0141. The maximum atomic E-state index is 12.2. The van der Waals surface area contributed by atoms with Crippen molar-refractivity contribution >= 4 is 11.5 Å². The van der Waals surface area contributed by atoms with Gasteiger partial charge in [-0.25, -0.2) is 0 Å². The number of benzene rings is 1. The van der Waals surface area contributed by atoms with Crippen LogP contribution in [0.2, 0.25) is 0 Å². The Bertz CT molecular complexity index is 398. The van der Waals surface area contributed by atoms with Crippen molar-refractivity contribution < 1.29 is 9.90 Å². The summed E-state index contributed by atoms with van der Waals surface area (Å²) < 4.78 is 0. The molecular formula is C12H16N2O2. The van der Waals surface area contributed by atoms with Gasteiger partial charge in [0.1, 0.15) is 5.75 Å². The number of piperidine rings is 1. The van der Waals surface area contributed by atoms with E-state index >= 15 is 0 Å². The Morgan fingerprint density at radius 3 is 2.75 bits per heavy atom. The summed E-state index contributed by atoms with van der Waals surface area (Å²) in [5.74, 6) is 0.0695. The van der Waals surface area contributed by atoms with Crippen molar-refractivity contribution in [3.63, 3.8) is 0 Å². The normalized spacial score (nSPS) is 17.2. The summed E-state index contributed by atoms with van der Waals surface area (Å²) in [6.07, 6.45) is 1.68. The van der Waals surface area contributed by atoms with E-state index in [2.05, 4.69) is 5.32 Å². The van der Waals surface area contributed by atoms with Crippen LogP contribution in [0.5, 0.6) is 5.75 Å². The van der Waals surface area contributed by atoms with Crippen molar-refractivity contribution in [3.05, 3.63) is 23.8 Å². The summed E-state index contributed by atoms with van der Waals surface area (Å²) in [6, 6.07) is 4.83. The van der Waals surface area contributed by atoms with Crippen LogP contribution < -0.4 is 11.1 Å². The van der Waals surface area contributed by atoms with Gasteiger partial charge in [0.2, 0.25) is 0 Å². The number of nitrogens with two attached hydrogens (primary N) is 1. The molecule has 1 saturated heterocycles. The zero-order chi connectivity index (χ0) is 11.5. The number of carbonyl (C=O) groups is 1. The zero-order valence-corrected chi connectivity index (χ0v) is 9.07. The average Bonchev–Trinajstić information content (AvgIpc) is 2.33. The smallest absolute Gasteiger partial charge is 0.168 e. The number of anilines is 1. The Hall–Kier alpha value is -1.55. The van der Waals surface area contributed by atoms with Gasteiger partial charge in [-0.1, -0.05) is 6.07 Å². The zero-order valence-electron chi connectivity index (χ0n) is 9.07. The summed E-state index contributed by atoms with van der Waals surface area (Å²) in [5.41, 5.74) is 6.35. The van der Waals surface area contributed by atoms with Crippen molar-refractivity contribution in [3.8, 4) is 5.75 Å². The van der Waals surface area contributed by atoms with Crippen LogP contribution in [0.3, 0.4) is 0 Å². The molecule has 1 heterocycles. The molecule has 1 aliphatic rings. The summed E-state index contributed by atoms with van der Waals surface area (Å²) >= 11 is 0. The molecular weight excluding hydrogens is 204 g/mol. The van der Waals surface area contributed by atoms with Crippen molar-refractivity contribution in [2.45, 2.75) is 12.8 Å². The maximum Gasteiger partial charge on any atom is 0.168 e. The minimum atomic E-state index is -0.0141. The van der Waals surface area contributed by atoms with Crippen LogP contribution in [0.4, 0.5) is 5.69 Å². The quantitative estimate of drug-likeness (QED) is 0.397. The fraction of sp³-hybridized carbons (Fsp3) is 0.417. The first kappa shape index (κ1) is 11.0. The van der Waals surface area contributed by atoms with E-state index < -0.39 is 0 Å². The van der Waals surface area contributed by atoms with Gasteiger partial charge < -0.3 is 16.2 Å². The first-order valence-corrected chi connectivity index (χ1v) is 5.52. The van der Waals surface area contributed by atoms with E-state index in [4.69, 9.17) is 5.73 Å². The number of Topliss-reactive ketones (excluding diaryl/α,β-unsaturated/α-hetero) is 1. The molecule has 1 aromatic rings. The predicted molar refractivity (Wildman–Crippen MR) is 62.4 cm³/mol. The number of rotatable bonds is 2. The molecule has 0 atom stereocenters. The Balaban J connectivity index is 2.22. The van der Waals surface area contributed by atoms with E-state index in [1.54, 1.807) is 12.1 Å². The van der Waals surface area contributed by atoms with Crippen molar-refractivity contribution in [2.24, 2.45) is 5.92 Å². The second-order valence-electron chi connectivity index (χ2n) is 4.13. The molecule has 1 fully saturated rings. The van der Waals surface area contributed by atoms with Crippen LogP contribution in [0.25, 0.3) is 0 Å². The molecule has 1 aliphatic heterocycles. The second-order valence-corrected chi connectivity index (χ2v) is 4.13. The minimum Gasteiger partial charge on any atom is -0.506 e. The SMILES string of the molecule is Nc1c(O)cccc1C(=O)C1CCNCC1. The van der Waals surface area contributed by atoms with Gasteiger partial charge in [-0.05, 0) is 38.1 Å². The molecule has 16 heavy (non-hydrogen) atoms. The topological polar surface area (TPSA) is 75.3 Å². The molecule has 4 heteroatoms. The highest BCUT2D eigenvalue weighted by atomic mass is 16.3.